The van der Waals surface area contributed by atoms with Crippen LogP contribution in [0.1, 0.15) is 19.4 Å². The van der Waals surface area contributed by atoms with E-state index < -0.39 is 0 Å². The van der Waals surface area contributed by atoms with Crippen molar-refractivity contribution in [3.8, 4) is 11.5 Å². The summed E-state index contributed by atoms with van der Waals surface area (Å²) < 4.78 is 5.68. The molecule has 4 nitrogen and oxygen atoms in total. The maximum Gasteiger partial charge on any atom is 0.169 e. The maximum absolute atomic E-state index is 9.71. The Morgan fingerprint density at radius 1 is 1.21 bits per heavy atom. The summed E-state index contributed by atoms with van der Waals surface area (Å²) in [6.07, 6.45) is 1.80. The highest BCUT2D eigenvalue weighted by Gasteiger charge is 2.07. The molecule has 2 N–H and O–H groups in total. The minimum absolute atomic E-state index is 0.0925. The van der Waals surface area contributed by atoms with Crippen LogP contribution in [-0.2, 0) is 6.54 Å². The van der Waals surface area contributed by atoms with Gasteiger partial charge in [0, 0.05) is 18.3 Å². The number of rotatable bonds is 5. The van der Waals surface area contributed by atoms with Crippen molar-refractivity contribution in [2.24, 2.45) is 0 Å². The maximum atomic E-state index is 9.71. The molecule has 4 heteroatoms. The Morgan fingerprint density at radius 3 is 2.74 bits per heavy atom. The van der Waals surface area contributed by atoms with Gasteiger partial charge in [0.05, 0.1) is 6.10 Å². The fourth-order valence-electron chi connectivity index (χ4n) is 1.71. The monoisotopic (exact) mass is 258 g/mol. The van der Waals surface area contributed by atoms with E-state index in [1.165, 1.54) is 0 Å². The Kier molecular flexibility index (Phi) is 4.23. The number of aromatic hydroxyl groups is 1. The number of phenols is 1. The third-order valence-electron chi connectivity index (χ3n) is 2.57. The van der Waals surface area contributed by atoms with Crippen LogP contribution < -0.4 is 10.1 Å². The Labute approximate surface area is 113 Å². The van der Waals surface area contributed by atoms with Gasteiger partial charge in [-0.15, -0.1) is 0 Å². The van der Waals surface area contributed by atoms with Crippen molar-refractivity contribution >= 4 is 5.82 Å². The number of ether oxygens (including phenoxy) is 1. The van der Waals surface area contributed by atoms with Crippen molar-refractivity contribution in [1.29, 1.82) is 0 Å². The van der Waals surface area contributed by atoms with Crippen molar-refractivity contribution in [3.05, 3.63) is 48.2 Å². The van der Waals surface area contributed by atoms with Crippen LogP contribution >= 0.6 is 0 Å². The van der Waals surface area contributed by atoms with Crippen molar-refractivity contribution in [2.45, 2.75) is 26.5 Å². The molecule has 19 heavy (non-hydrogen) atoms. The molecular formula is C15H18N2O2. The van der Waals surface area contributed by atoms with Crippen LogP contribution in [-0.4, -0.2) is 16.2 Å². The Hall–Kier alpha value is -2.23. The van der Waals surface area contributed by atoms with E-state index in [4.69, 9.17) is 4.74 Å². The van der Waals surface area contributed by atoms with Crippen molar-refractivity contribution < 1.29 is 9.84 Å². The quantitative estimate of drug-likeness (QED) is 0.864. The molecule has 0 amide bonds. The summed E-state index contributed by atoms with van der Waals surface area (Å²) >= 11 is 0. The lowest BCUT2D eigenvalue weighted by atomic mass is 10.2. The summed E-state index contributed by atoms with van der Waals surface area (Å²) in [6.45, 7) is 4.44. The number of hydrogen-bond acceptors (Lipinski definition) is 4. The number of pyridine rings is 1. The molecule has 0 radical (unpaired) electrons. The van der Waals surface area contributed by atoms with Gasteiger partial charge in [0.25, 0.3) is 0 Å². The van der Waals surface area contributed by atoms with Crippen LogP contribution in [0.2, 0.25) is 0 Å². The van der Waals surface area contributed by atoms with E-state index in [1.54, 1.807) is 18.3 Å². The molecule has 2 aromatic rings. The van der Waals surface area contributed by atoms with Crippen LogP contribution in [0.25, 0.3) is 0 Å². The normalized spacial score (nSPS) is 10.5. The highest BCUT2D eigenvalue weighted by atomic mass is 16.5. The minimum atomic E-state index is 0.0925. The first kappa shape index (κ1) is 13.2. The number of nitrogens with one attached hydrogen (secondary N) is 1. The lowest BCUT2D eigenvalue weighted by molar-refractivity contribution is 0.243. The van der Waals surface area contributed by atoms with E-state index in [9.17, 15) is 5.11 Å². The summed E-state index contributed by atoms with van der Waals surface area (Å²) in [5.74, 6) is 1.67. The average Bonchev–Trinajstić information content (AvgIpc) is 2.39. The predicted octanol–water partition coefficient (Wildman–Crippen LogP) is 3.19. The van der Waals surface area contributed by atoms with Gasteiger partial charge in [-0.1, -0.05) is 18.2 Å². The highest BCUT2D eigenvalue weighted by Crippen LogP contribution is 2.24. The highest BCUT2D eigenvalue weighted by molar-refractivity contribution is 5.50. The summed E-state index contributed by atoms with van der Waals surface area (Å²) in [6, 6.07) is 10.9. The zero-order valence-corrected chi connectivity index (χ0v) is 11.1. The van der Waals surface area contributed by atoms with Crippen LogP contribution in [0.5, 0.6) is 11.5 Å². The molecule has 0 saturated carbocycles. The summed E-state index contributed by atoms with van der Waals surface area (Å²) in [5, 5.41) is 12.9. The molecular weight excluding hydrogens is 240 g/mol. The second-order valence-electron chi connectivity index (χ2n) is 4.50. The molecule has 100 valence electrons. The van der Waals surface area contributed by atoms with Crippen molar-refractivity contribution in [1.82, 2.24) is 4.98 Å². The zero-order valence-electron chi connectivity index (χ0n) is 11.1. The molecule has 0 unspecified atom stereocenters. The van der Waals surface area contributed by atoms with Crippen molar-refractivity contribution in [2.75, 3.05) is 5.32 Å². The van der Waals surface area contributed by atoms with Crippen LogP contribution in [0.15, 0.2) is 42.6 Å². The van der Waals surface area contributed by atoms with Gasteiger partial charge in [0.1, 0.15) is 5.75 Å². The van der Waals surface area contributed by atoms with Crippen LogP contribution in [0, 0.1) is 0 Å². The second-order valence-corrected chi connectivity index (χ2v) is 4.50. The molecule has 0 aliphatic rings. The number of anilines is 1. The summed E-state index contributed by atoms with van der Waals surface area (Å²) in [7, 11) is 0. The van der Waals surface area contributed by atoms with Crippen LogP contribution in [0.3, 0.4) is 0 Å². The van der Waals surface area contributed by atoms with Gasteiger partial charge in [0.2, 0.25) is 0 Å². The lowest BCUT2D eigenvalue weighted by Gasteiger charge is -2.14. The molecule has 0 bridgehead atoms. The van der Waals surface area contributed by atoms with Gasteiger partial charge in [0.15, 0.2) is 11.6 Å². The molecule has 1 aromatic heterocycles. The van der Waals surface area contributed by atoms with E-state index in [1.807, 2.05) is 38.1 Å². The molecule has 0 atom stereocenters. The Morgan fingerprint density at radius 2 is 2.00 bits per heavy atom. The molecule has 0 saturated heterocycles. The lowest BCUT2D eigenvalue weighted by Crippen LogP contribution is -2.09. The van der Waals surface area contributed by atoms with Gasteiger partial charge in [-0.3, -0.25) is 0 Å². The first-order valence-corrected chi connectivity index (χ1v) is 6.29. The number of phenolic OH excluding ortho intramolecular Hbond substituents is 1. The molecule has 1 aromatic carbocycles. The van der Waals surface area contributed by atoms with Crippen LogP contribution in [0.4, 0.5) is 5.82 Å². The molecule has 1 heterocycles. The fourth-order valence-corrected chi connectivity index (χ4v) is 1.71. The van der Waals surface area contributed by atoms with E-state index in [2.05, 4.69) is 10.3 Å². The van der Waals surface area contributed by atoms with Crippen molar-refractivity contribution in [3.63, 3.8) is 0 Å². The van der Waals surface area contributed by atoms with Gasteiger partial charge in [-0.05, 0) is 32.0 Å². The molecule has 0 aliphatic heterocycles. The minimum Gasteiger partial charge on any atom is -0.508 e. The fraction of sp³-hybridized carbons (Fsp3) is 0.267. The number of para-hydroxylation sites is 1. The molecule has 0 fully saturated rings. The molecule has 2 rings (SSSR count). The third kappa shape index (κ3) is 3.61. The third-order valence-corrected chi connectivity index (χ3v) is 2.57. The Bertz CT molecular complexity index is 541. The van der Waals surface area contributed by atoms with E-state index >= 15 is 0 Å². The smallest absolute Gasteiger partial charge is 0.169 e. The molecule has 0 spiro atoms. The van der Waals surface area contributed by atoms with Gasteiger partial charge in [-0.25, -0.2) is 4.98 Å². The SMILES string of the molecule is CC(C)Oc1cccnc1NCc1ccccc1O. The second kappa shape index (κ2) is 6.09. The van der Waals surface area contributed by atoms with E-state index in [-0.39, 0.29) is 11.9 Å². The number of aromatic nitrogens is 1. The average molecular weight is 258 g/mol. The Balaban J connectivity index is 2.09. The number of hydrogen-bond donors (Lipinski definition) is 2. The van der Waals surface area contributed by atoms with Gasteiger partial charge >= 0.3 is 0 Å². The molecule has 0 aliphatic carbocycles. The zero-order chi connectivity index (χ0) is 13.7. The van der Waals surface area contributed by atoms with E-state index in [0.29, 0.717) is 18.1 Å². The predicted molar refractivity (Wildman–Crippen MR) is 75.4 cm³/mol. The largest absolute Gasteiger partial charge is 0.508 e. The first-order valence-electron chi connectivity index (χ1n) is 6.29. The number of benzene rings is 1. The van der Waals surface area contributed by atoms with Gasteiger partial charge in [-0.2, -0.15) is 0 Å². The van der Waals surface area contributed by atoms with E-state index in [0.717, 1.165) is 5.56 Å². The summed E-state index contributed by atoms with van der Waals surface area (Å²) in [4.78, 5) is 4.26. The first-order chi connectivity index (χ1) is 9.16. The van der Waals surface area contributed by atoms with Gasteiger partial charge < -0.3 is 15.2 Å². The topological polar surface area (TPSA) is 54.4 Å². The standard InChI is InChI=1S/C15H18N2O2/c1-11(2)19-14-8-5-9-16-15(14)17-10-12-6-3-4-7-13(12)18/h3-9,11,18H,10H2,1-2H3,(H,16,17). The number of nitrogens with zero attached hydrogens (tertiary/aromatic N) is 1. The summed E-state index contributed by atoms with van der Waals surface area (Å²) in [5.41, 5.74) is 0.823.